The fraction of sp³-hybridized carbons (Fsp3) is 0.300. The van der Waals surface area contributed by atoms with Crippen molar-refractivity contribution < 1.29 is 14.3 Å². The standard InChI is InChI=1S/C20H22N4O3/c1-12(2)17-18(15(10-21)19(22)27-20(17)23-3)13-4-6-14(7-5-13)24-8-9-26-11-16(24)25/h4-7,18,23H,1,8-9,11,22H2,2-3H3. The number of morpholine rings is 1. The van der Waals surface area contributed by atoms with Crippen LogP contribution in [0.3, 0.4) is 0 Å². The fourth-order valence-corrected chi connectivity index (χ4v) is 3.35. The van der Waals surface area contributed by atoms with Gasteiger partial charge in [-0.1, -0.05) is 18.7 Å². The number of carbonyl (C=O) groups excluding carboxylic acids is 1. The van der Waals surface area contributed by atoms with Gasteiger partial charge in [0.25, 0.3) is 5.91 Å². The molecule has 140 valence electrons. The van der Waals surface area contributed by atoms with Crippen LogP contribution in [0, 0.1) is 11.3 Å². The number of benzene rings is 1. The van der Waals surface area contributed by atoms with Crippen LogP contribution in [0.2, 0.25) is 0 Å². The van der Waals surface area contributed by atoms with Crippen molar-refractivity contribution in [2.45, 2.75) is 12.8 Å². The number of hydrogen-bond acceptors (Lipinski definition) is 6. The molecule has 1 amide bonds. The molecule has 1 atom stereocenters. The zero-order valence-electron chi connectivity index (χ0n) is 15.4. The third-order valence-corrected chi connectivity index (χ3v) is 4.63. The second-order valence-corrected chi connectivity index (χ2v) is 6.39. The minimum absolute atomic E-state index is 0.0677. The largest absolute Gasteiger partial charge is 0.424 e. The van der Waals surface area contributed by atoms with E-state index in [0.717, 1.165) is 22.4 Å². The second-order valence-electron chi connectivity index (χ2n) is 6.39. The summed E-state index contributed by atoms with van der Waals surface area (Å²) in [5.41, 5.74) is 9.53. The molecular formula is C20H22N4O3. The number of nitrogens with two attached hydrogens (primary N) is 1. The first-order chi connectivity index (χ1) is 13.0. The van der Waals surface area contributed by atoms with Gasteiger partial charge in [-0.2, -0.15) is 5.26 Å². The van der Waals surface area contributed by atoms with Crippen LogP contribution >= 0.6 is 0 Å². The number of amides is 1. The summed E-state index contributed by atoms with van der Waals surface area (Å²) in [6, 6.07) is 9.70. The predicted molar refractivity (Wildman–Crippen MR) is 101 cm³/mol. The van der Waals surface area contributed by atoms with E-state index < -0.39 is 5.92 Å². The predicted octanol–water partition coefficient (Wildman–Crippen LogP) is 1.86. The zero-order valence-corrected chi connectivity index (χ0v) is 15.4. The summed E-state index contributed by atoms with van der Waals surface area (Å²) >= 11 is 0. The summed E-state index contributed by atoms with van der Waals surface area (Å²) in [4.78, 5) is 13.7. The SMILES string of the molecule is C=C(C)C1=C(NC)OC(N)=C(C#N)C1c1ccc(N2CCOCC2=O)cc1. The van der Waals surface area contributed by atoms with Gasteiger partial charge in [-0.15, -0.1) is 0 Å². The molecule has 2 aliphatic rings. The van der Waals surface area contributed by atoms with E-state index in [1.165, 1.54) is 0 Å². The highest BCUT2D eigenvalue weighted by Gasteiger charge is 2.33. The third kappa shape index (κ3) is 3.39. The van der Waals surface area contributed by atoms with E-state index in [2.05, 4.69) is 18.0 Å². The van der Waals surface area contributed by atoms with E-state index in [0.29, 0.717) is 24.6 Å². The van der Waals surface area contributed by atoms with E-state index in [1.54, 1.807) is 11.9 Å². The van der Waals surface area contributed by atoms with Crippen LogP contribution in [-0.4, -0.2) is 32.7 Å². The van der Waals surface area contributed by atoms with Crippen molar-refractivity contribution in [2.75, 3.05) is 31.7 Å². The topological polar surface area (TPSA) is 101 Å². The molecule has 0 aromatic heterocycles. The van der Waals surface area contributed by atoms with Crippen molar-refractivity contribution in [3.05, 3.63) is 64.9 Å². The molecule has 3 N–H and O–H groups in total. The summed E-state index contributed by atoms with van der Waals surface area (Å²) in [5, 5.41) is 12.6. The molecule has 0 spiro atoms. The van der Waals surface area contributed by atoms with E-state index in [4.69, 9.17) is 15.2 Å². The van der Waals surface area contributed by atoms with Crippen molar-refractivity contribution in [1.29, 1.82) is 5.26 Å². The number of carbonyl (C=O) groups is 1. The Bertz CT molecular complexity index is 877. The average molecular weight is 366 g/mol. The summed E-state index contributed by atoms with van der Waals surface area (Å²) in [7, 11) is 1.73. The Balaban J connectivity index is 2.02. The number of nitrogens with zero attached hydrogens (tertiary/aromatic N) is 2. The monoisotopic (exact) mass is 366 g/mol. The van der Waals surface area contributed by atoms with Gasteiger partial charge in [-0.25, -0.2) is 0 Å². The summed E-state index contributed by atoms with van der Waals surface area (Å²) in [6.45, 7) is 7.02. The lowest BCUT2D eigenvalue weighted by Gasteiger charge is -2.30. The minimum atomic E-state index is -0.391. The van der Waals surface area contributed by atoms with Gasteiger partial charge in [-0.05, 0) is 30.2 Å². The Morgan fingerprint density at radius 1 is 1.41 bits per heavy atom. The number of nitrogens with one attached hydrogen (secondary N) is 1. The molecular weight excluding hydrogens is 344 g/mol. The fourth-order valence-electron chi connectivity index (χ4n) is 3.35. The second kappa shape index (κ2) is 7.56. The smallest absolute Gasteiger partial charge is 0.253 e. The lowest BCUT2D eigenvalue weighted by atomic mass is 9.81. The number of anilines is 1. The van der Waals surface area contributed by atoms with Crippen LogP contribution in [0.1, 0.15) is 18.4 Å². The number of nitriles is 1. The van der Waals surface area contributed by atoms with Crippen molar-refractivity contribution >= 4 is 11.6 Å². The van der Waals surface area contributed by atoms with E-state index in [1.807, 2.05) is 31.2 Å². The Hall–Kier alpha value is -3.24. The van der Waals surface area contributed by atoms with Gasteiger partial charge in [0.15, 0.2) is 5.88 Å². The zero-order chi connectivity index (χ0) is 19.6. The lowest BCUT2D eigenvalue weighted by molar-refractivity contribution is -0.125. The van der Waals surface area contributed by atoms with Crippen LogP contribution in [0.5, 0.6) is 0 Å². The summed E-state index contributed by atoms with van der Waals surface area (Å²) in [6.07, 6.45) is 0. The molecule has 3 rings (SSSR count). The molecule has 1 aromatic carbocycles. The van der Waals surface area contributed by atoms with Crippen LogP contribution in [0.25, 0.3) is 0 Å². The van der Waals surface area contributed by atoms with Gasteiger partial charge in [0.05, 0.1) is 12.5 Å². The van der Waals surface area contributed by atoms with E-state index >= 15 is 0 Å². The molecule has 7 nitrogen and oxygen atoms in total. The number of ether oxygens (including phenoxy) is 2. The highest BCUT2D eigenvalue weighted by atomic mass is 16.5. The molecule has 7 heteroatoms. The average Bonchev–Trinajstić information content (AvgIpc) is 2.67. The van der Waals surface area contributed by atoms with Gasteiger partial charge in [0.2, 0.25) is 5.88 Å². The molecule has 1 saturated heterocycles. The maximum absolute atomic E-state index is 12.0. The van der Waals surface area contributed by atoms with Crippen molar-refractivity contribution in [1.82, 2.24) is 5.32 Å². The van der Waals surface area contributed by atoms with Gasteiger partial charge < -0.3 is 25.4 Å². The minimum Gasteiger partial charge on any atom is -0.424 e. The van der Waals surface area contributed by atoms with Crippen molar-refractivity contribution in [3.63, 3.8) is 0 Å². The van der Waals surface area contributed by atoms with Gasteiger partial charge in [-0.3, -0.25) is 4.79 Å². The van der Waals surface area contributed by atoms with Crippen molar-refractivity contribution in [2.24, 2.45) is 5.73 Å². The quantitative estimate of drug-likeness (QED) is 0.844. The molecule has 0 bridgehead atoms. The first kappa shape index (κ1) is 18.5. The summed E-state index contributed by atoms with van der Waals surface area (Å²) in [5.74, 6) is 0.0979. The van der Waals surface area contributed by atoms with E-state index in [-0.39, 0.29) is 18.4 Å². The molecule has 1 aromatic rings. The maximum Gasteiger partial charge on any atom is 0.253 e. The molecule has 0 saturated carbocycles. The molecule has 2 heterocycles. The Morgan fingerprint density at radius 3 is 2.67 bits per heavy atom. The highest BCUT2D eigenvalue weighted by molar-refractivity contribution is 5.94. The maximum atomic E-state index is 12.0. The first-order valence-corrected chi connectivity index (χ1v) is 8.61. The molecule has 0 aliphatic carbocycles. The van der Waals surface area contributed by atoms with Gasteiger partial charge in [0, 0.05) is 24.9 Å². The first-order valence-electron chi connectivity index (χ1n) is 8.61. The normalized spacial score (nSPS) is 20.3. The third-order valence-electron chi connectivity index (χ3n) is 4.63. The molecule has 0 radical (unpaired) electrons. The summed E-state index contributed by atoms with van der Waals surface area (Å²) < 4.78 is 10.7. The number of allylic oxidation sites excluding steroid dienone is 3. The van der Waals surface area contributed by atoms with Crippen molar-refractivity contribution in [3.8, 4) is 6.07 Å². The number of rotatable bonds is 4. The highest BCUT2D eigenvalue weighted by Crippen LogP contribution is 2.41. The Morgan fingerprint density at radius 2 is 2.11 bits per heavy atom. The number of hydrogen-bond donors (Lipinski definition) is 2. The van der Waals surface area contributed by atoms with Crippen LogP contribution in [0.4, 0.5) is 5.69 Å². The molecule has 1 unspecified atom stereocenters. The lowest BCUT2D eigenvalue weighted by Crippen LogP contribution is -2.41. The van der Waals surface area contributed by atoms with Crippen LogP contribution in [-0.2, 0) is 14.3 Å². The molecule has 2 aliphatic heterocycles. The van der Waals surface area contributed by atoms with E-state index in [9.17, 15) is 10.1 Å². The van der Waals surface area contributed by atoms with Gasteiger partial charge >= 0.3 is 0 Å². The van der Waals surface area contributed by atoms with Gasteiger partial charge in [0.1, 0.15) is 18.2 Å². The Labute approximate surface area is 158 Å². The van der Waals surface area contributed by atoms with Crippen LogP contribution < -0.4 is 16.0 Å². The van der Waals surface area contributed by atoms with Crippen LogP contribution in [0.15, 0.2) is 59.3 Å². The molecule has 1 fully saturated rings. The molecule has 27 heavy (non-hydrogen) atoms. The Kier molecular flexibility index (Phi) is 5.19.